The van der Waals surface area contributed by atoms with Crippen molar-refractivity contribution in [2.24, 2.45) is 0 Å². The Morgan fingerprint density at radius 1 is 1.14 bits per heavy atom. The smallest absolute Gasteiger partial charge is 0.204 e. The molecule has 0 aliphatic carbocycles. The Balaban J connectivity index is 2.33. The van der Waals surface area contributed by atoms with Crippen LogP contribution < -0.4 is 15.4 Å². The topological polar surface area (TPSA) is 59.1 Å². The molecule has 1 heterocycles. The fourth-order valence-electron chi connectivity index (χ4n) is 2.02. The molecule has 2 N–H and O–H groups in total. The fourth-order valence-corrected chi connectivity index (χ4v) is 2.02. The summed E-state index contributed by atoms with van der Waals surface area (Å²) in [5, 5.41) is 6.58. The number of benzene rings is 1. The minimum Gasteiger partial charge on any atom is -0.490 e. The van der Waals surface area contributed by atoms with Crippen LogP contribution in [0.5, 0.6) is 5.75 Å². The highest BCUT2D eigenvalue weighted by atomic mass is 16.5. The Hall–Kier alpha value is -2.30. The van der Waals surface area contributed by atoms with Gasteiger partial charge >= 0.3 is 0 Å². The molecule has 1 aromatic carbocycles. The number of nitrogens with one attached hydrogen (secondary N) is 2. The Kier molecular flexibility index (Phi) is 4.98. The molecule has 0 radical (unpaired) electrons. The monoisotopic (exact) mass is 286 g/mol. The summed E-state index contributed by atoms with van der Waals surface area (Å²) in [5.41, 5.74) is 3.37. The summed E-state index contributed by atoms with van der Waals surface area (Å²) in [6, 6.07) is 6.27. The molecule has 5 nitrogen and oxygen atoms in total. The quantitative estimate of drug-likeness (QED) is 0.848. The Labute approximate surface area is 125 Å². The predicted molar refractivity (Wildman–Crippen MR) is 86.6 cm³/mol. The third-order valence-electron chi connectivity index (χ3n) is 3.20. The molecule has 21 heavy (non-hydrogen) atoms. The highest BCUT2D eigenvalue weighted by Crippen LogP contribution is 2.32. The molecule has 0 fully saturated rings. The van der Waals surface area contributed by atoms with E-state index in [4.69, 9.17) is 4.74 Å². The number of anilines is 3. The van der Waals surface area contributed by atoms with Crippen molar-refractivity contribution in [3.63, 3.8) is 0 Å². The van der Waals surface area contributed by atoms with E-state index in [1.807, 2.05) is 0 Å². The molecule has 0 bridgehead atoms. The third kappa shape index (κ3) is 3.62. The van der Waals surface area contributed by atoms with Crippen LogP contribution in [-0.2, 0) is 0 Å². The summed E-state index contributed by atoms with van der Waals surface area (Å²) in [7, 11) is 1.63. The van der Waals surface area contributed by atoms with Gasteiger partial charge in [0.25, 0.3) is 0 Å². The van der Waals surface area contributed by atoms with Gasteiger partial charge in [-0.05, 0) is 37.5 Å². The zero-order chi connectivity index (χ0) is 15.2. The van der Waals surface area contributed by atoms with Gasteiger partial charge < -0.3 is 15.4 Å². The van der Waals surface area contributed by atoms with E-state index in [-0.39, 0.29) is 0 Å². The van der Waals surface area contributed by atoms with Gasteiger partial charge in [-0.1, -0.05) is 19.1 Å². The van der Waals surface area contributed by atoms with E-state index < -0.39 is 0 Å². The van der Waals surface area contributed by atoms with Gasteiger partial charge in [-0.15, -0.1) is 0 Å². The molecule has 0 saturated carbocycles. The predicted octanol–water partition coefficient (Wildman–Crippen LogP) is 3.67. The molecule has 2 aromatic rings. The maximum atomic E-state index is 5.47. The van der Waals surface area contributed by atoms with Gasteiger partial charge in [0.1, 0.15) is 6.33 Å². The number of hydrogen-bond acceptors (Lipinski definition) is 5. The molecule has 0 unspecified atom stereocenters. The molecular formula is C16H22N4O. The molecule has 0 saturated heterocycles. The molecular weight excluding hydrogens is 264 g/mol. The molecule has 0 atom stereocenters. The molecule has 112 valence electrons. The van der Waals surface area contributed by atoms with Crippen LogP contribution in [0, 0.1) is 13.8 Å². The highest BCUT2D eigenvalue weighted by Gasteiger charge is 2.12. The lowest BCUT2D eigenvalue weighted by Crippen LogP contribution is -2.07. The van der Waals surface area contributed by atoms with Gasteiger partial charge in [0, 0.05) is 12.2 Å². The molecule has 0 aliphatic rings. The Bertz CT molecular complexity index is 613. The highest BCUT2D eigenvalue weighted by molar-refractivity contribution is 5.71. The minimum atomic E-state index is 0.631. The number of aromatic nitrogens is 2. The first-order valence-electron chi connectivity index (χ1n) is 7.12. The molecule has 0 aliphatic heterocycles. The normalized spacial score (nSPS) is 10.3. The van der Waals surface area contributed by atoms with E-state index in [1.54, 1.807) is 7.11 Å². The Morgan fingerprint density at radius 2 is 1.90 bits per heavy atom. The summed E-state index contributed by atoms with van der Waals surface area (Å²) in [6.45, 7) is 7.08. The summed E-state index contributed by atoms with van der Waals surface area (Å²) in [5.74, 6) is 2.01. The summed E-state index contributed by atoms with van der Waals surface area (Å²) in [6.07, 6.45) is 2.56. The average Bonchev–Trinajstić information content (AvgIpc) is 2.49. The van der Waals surface area contributed by atoms with Crippen LogP contribution in [0.1, 0.15) is 24.5 Å². The first kappa shape index (κ1) is 15.1. The second-order valence-electron chi connectivity index (χ2n) is 4.97. The zero-order valence-corrected chi connectivity index (χ0v) is 13.0. The summed E-state index contributed by atoms with van der Waals surface area (Å²) >= 11 is 0. The van der Waals surface area contributed by atoms with Crippen molar-refractivity contribution in [2.45, 2.75) is 27.2 Å². The van der Waals surface area contributed by atoms with Crippen molar-refractivity contribution in [1.29, 1.82) is 0 Å². The van der Waals surface area contributed by atoms with E-state index in [0.717, 1.165) is 24.2 Å². The van der Waals surface area contributed by atoms with Crippen LogP contribution >= 0.6 is 0 Å². The van der Waals surface area contributed by atoms with Gasteiger partial charge in [0.05, 0.1) is 7.11 Å². The first-order chi connectivity index (χ1) is 10.2. The maximum absolute atomic E-state index is 5.47. The summed E-state index contributed by atoms with van der Waals surface area (Å²) in [4.78, 5) is 8.54. The molecule has 0 spiro atoms. The van der Waals surface area contributed by atoms with Crippen molar-refractivity contribution in [1.82, 2.24) is 9.97 Å². The lowest BCUT2D eigenvalue weighted by atomic mass is 10.1. The number of nitrogens with zero attached hydrogens (tertiary/aromatic N) is 2. The van der Waals surface area contributed by atoms with Gasteiger partial charge in [0.2, 0.25) is 5.75 Å². The minimum absolute atomic E-state index is 0.631. The first-order valence-corrected chi connectivity index (χ1v) is 7.12. The van der Waals surface area contributed by atoms with E-state index in [2.05, 4.69) is 59.6 Å². The Morgan fingerprint density at radius 3 is 2.62 bits per heavy atom. The van der Waals surface area contributed by atoms with Gasteiger partial charge in [-0.2, -0.15) is 0 Å². The van der Waals surface area contributed by atoms with Gasteiger partial charge in [-0.25, -0.2) is 9.97 Å². The van der Waals surface area contributed by atoms with Crippen LogP contribution in [-0.4, -0.2) is 23.6 Å². The van der Waals surface area contributed by atoms with E-state index >= 15 is 0 Å². The second kappa shape index (κ2) is 6.92. The number of aryl methyl sites for hydroxylation is 2. The van der Waals surface area contributed by atoms with E-state index in [0.29, 0.717) is 17.4 Å². The molecule has 1 aromatic heterocycles. The molecule has 0 amide bonds. The number of hydrogen-bond donors (Lipinski definition) is 2. The van der Waals surface area contributed by atoms with Gasteiger partial charge in [0.15, 0.2) is 11.6 Å². The van der Waals surface area contributed by atoms with Crippen molar-refractivity contribution >= 4 is 17.3 Å². The standard InChI is InChI=1S/C16H22N4O/c1-5-8-17-15-14(21-4)16(19-10-18-15)20-13-9-11(2)6-7-12(13)3/h6-7,9-10H,5,8H2,1-4H3,(H2,17,18,19,20). The van der Waals surface area contributed by atoms with E-state index in [9.17, 15) is 0 Å². The summed E-state index contributed by atoms with van der Waals surface area (Å²) < 4.78 is 5.47. The third-order valence-corrected chi connectivity index (χ3v) is 3.20. The van der Waals surface area contributed by atoms with Crippen molar-refractivity contribution in [2.75, 3.05) is 24.3 Å². The van der Waals surface area contributed by atoms with Crippen LogP contribution in [0.2, 0.25) is 0 Å². The van der Waals surface area contributed by atoms with E-state index in [1.165, 1.54) is 11.9 Å². The van der Waals surface area contributed by atoms with Crippen molar-refractivity contribution in [3.8, 4) is 5.75 Å². The average molecular weight is 286 g/mol. The zero-order valence-electron chi connectivity index (χ0n) is 13.0. The largest absolute Gasteiger partial charge is 0.490 e. The van der Waals surface area contributed by atoms with Crippen LogP contribution in [0.15, 0.2) is 24.5 Å². The molecule has 2 rings (SSSR count). The number of rotatable bonds is 6. The molecule has 5 heteroatoms. The van der Waals surface area contributed by atoms with Crippen LogP contribution in [0.4, 0.5) is 17.3 Å². The lowest BCUT2D eigenvalue weighted by Gasteiger charge is -2.15. The van der Waals surface area contributed by atoms with Crippen LogP contribution in [0.25, 0.3) is 0 Å². The second-order valence-corrected chi connectivity index (χ2v) is 4.97. The lowest BCUT2D eigenvalue weighted by molar-refractivity contribution is 0.415. The van der Waals surface area contributed by atoms with Gasteiger partial charge in [-0.3, -0.25) is 0 Å². The SMILES string of the molecule is CCCNc1ncnc(Nc2cc(C)ccc2C)c1OC. The maximum Gasteiger partial charge on any atom is 0.204 e. The van der Waals surface area contributed by atoms with Crippen LogP contribution in [0.3, 0.4) is 0 Å². The number of ether oxygens (including phenoxy) is 1. The number of methoxy groups -OCH3 is 1. The van der Waals surface area contributed by atoms with Crippen molar-refractivity contribution in [3.05, 3.63) is 35.7 Å². The fraction of sp³-hybridized carbons (Fsp3) is 0.375. The van der Waals surface area contributed by atoms with Crippen molar-refractivity contribution < 1.29 is 4.74 Å².